The number of halogens is 1. The molecule has 0 atom stereocenters. The minimum Gasteiger partial charge on any atom is -0.453 e. The lowest BCUT2D eigenvalue weighted by atomic mass is 9.98. The highest BCUT2D eigenvalue weighted by atomic mass is 79.9. The molecule has 13 heavy (non-hydrogen) atoms. The van der Waals surface area contributed by atoms with Crippen LogP contribution in [0.25, 0.3) is 0 Å². The van der Waals surface area contributed by atoms with E-state index < -0.39 is 0 Å². The van der Waals surface area contributed by atoms with Crippen LogP contribution < -0.4 is 5.73 Å². The Balaban J connectivity index is 2.30. The van der Waals surface area contributed by atoms with Crippen LogP contribution in [0, 0.1) is 0 Å². The zero-order valence-electron chi connectivity index (χ0n) is 7.05. The molecule has 0 spiro atoms. The predicted molar refractivity (Wildman–Crippen MR) is 51.4 cm³/mol. The SMILES string of the molecule is NCC(=O)C1(c2ccc(Br)o2)CC1. The molecule has 4 heteroatoms. The zero-order chi connectivity index (χ0) is 9.47. The molecule has 0 unspecified atom stereocenters. The van der Waals surface area contributed by atoms with Crippen molar-refractivity contribution in [2.24, 2.45) is 5.73 Å². The summed E-state index contributed by atoms with van der Waals surface area (Å²) in [6, 6.07) is 3.64. The first-order chi connectivity index (χ1) is 6.19. The summed E-state index contributed by atoms with van der Waals surface area (Å²) in [5.74, 6) is 0.823. The Morgan fingerprint density at radius 1 is 1.62 bits per heavy atom. The molecule has 2 N–H and O–H groups in total. The first-order valence-electron chi connectivity index (χ1n) is 4.18. The van der Waals surface area contributed by atoms with E-state index in [1.807, 2.05) is 6.07 Å². The summed E-state index contributed by atoms with van der Waals surface area (Å²) >= 11 is 3.21. The van der Waals surface area contributed by atoms with E-state index in [0.717, 1.165) is 18.6 Å². The Morgan fingerprint density at radius 3 is 2.69 bits per heavy atom. The lowest BCUT2D eigenvalue weighted by Gasteiger charge is -2.08. The highest BCUT2D eigenvalue weighted by molar-refractivity contribution is 9.10. The van der Waals surface area contributed by atoms with Gasteiger partial charge in [0.05, 0.1) is 12.0 Å². The van der Waals surface area contributed by atoms with Gasteiger partial charge in [-0.15, -0.1) is 0 Å². The number of carbonyl (C=O) groups excluding carboxylic acids is 1. The van der Waals surface area contributed by atoms with Crippen LogP contribution in [-0.2, 0) is 10.2 Å². The van der Waals surface area contributed by atoms with Crippen LogP contribution in [0.2, 0.25) is 0 Å². The number of hydrogen-bond acceptors (Lipinski definition) is 3. The van der Waals surface area contributed by atoms with Crippen molar-refractivity contribution in [2.45, 2.75) is 18.3 Å². The topological polar surface area (TPSA) is 56.2 Å². The summed E-state index contributed by atoms with van der Waals surface area (Å²) < 4.78 is 6.04. The number of rotatable bonds is 3. The number of Topliss-reactive ketones (excluding diaryl/α,β-unsaturated/α-hetero) is 1. The highest BCUT2D eigenvalue weighted by Gasteiger charge is 2.52. The molecular formula is C9H10BrNO2. The van der Waals surface area contributed by atoms with E-state index in [-0.39, 0.29) is 17.7 Å². The van der Waals surface area contributed by atoms with Crippen LogP contribution in [0.15, 0.2) is 21.2 Å². The smallest absolute Gasteiger partial charge is 0.169 e. The van der Waals surface area contributed by atoms with Crippen LogP contribution in [0.4, 0.5) is 0 Å². The second-order valence-corrected chi connectivity index (χ2v) is 4.09. The monoisotopic (exact) mass is 243 g/mol. The van der Waals surface area contributed by atoms with Gasteiger partial charge >= 0.3 is 0 Å². The van der Waals surface area contributed by atoms with Crippen molar-refractivity contribution in [3.05, 3.63) is 22.6 Å². The van der Waals surface area contributed by atoms with Crippen molar-refractivity contribution < 1.29 is 9.21 Å². The fourth-order valence-corrected chi connectivity index (χ4v) is 1.86. The molecule has 2 rings (SSSR count). The average molecular weight is 244 g/mol. The van der Waals surface area contributed by atoms with Gasteiger partial charge in [0.25, 0.3) is 0 Å². The van der Waals surface area contributed by atoms with Gasteiger partial charge in [0, 0.05) is 0 Å². The fraction of sp³-hybridized carbons (Fsp3) is 0.444. The number of carbonyl (C=O) groups is 1. The third-order valence-electron chi connectivity index (χ3n) is 2.51. The molecule has 1 aliphatic carbocycles. The largest absolute Gasteiger partial charge is 0.453 e. The average Bonchev–Trinajstić information content (AvgIpc) is 2.83. The van der Waals surface area contributed by atoms with Gasteiger partial charge in [0.15, 0.2) is 10.5 Å². The normalized spacial score (nSPS) is 18.6. The van der Waals surface area contributed by atoms with Gasteiger partial charge in [0.1, 0.15) is 5.76 Å². The lowest BCUT2D eigenvalue weighted by Crippen LogP contribution is -2.27. The van der Waals surface area contributed by atoms with Gasteiger partial charge in [-0.05, 0) is 40.9 Å². The zero-order valence-corrected chi connectivity index (χ0v) is 8.63. The third-order valence-corrected chi connectivity index (χ3v) is 2.94. The molecule has 1 saturated carbocycles. The Labute approximate surface area is 84.4 Å². The van der Waals surface area contributed by atoms with Gasteiger partial charge in [-0.3, -0.25) is 4.79 Å². The van der Waals surface area contributed by atoms with Crippen molar-refractivity contribution in [1.82, 2.24) is 0 Å². The summed E-state index contributed by atoms with van der Waals surface area (Å²) in [6.45, 7) is 0.0956. The van der Waals surface area contributed by atoms with Crippen molar-refractivity contribution in [3.8, 4) is 0 Å². The Bertz CT molecular complexity index is 341. The Hall–Kier alpha value is -0.610. The molecule has 1 aromatic heterocycles. The highest BCUT2D eigenvalue weighted by Crippen LogP contribution is 2.49. The number of hydrogen-bond donors (Lipinski definition) is 1. The molecule has 0 saturated heterocycles. The number of ketones is 1. The maximum absolute atomic E-state index is 11.5. The molecule has 1 heterocycles. The molecule has 3 nitrogen and oxygen atoms in total. The molecule has 70 valence electrons. The van der Waals surface area contributed by atoms with Crippen LogP contribution in [0.5, 0.6) is 0 Å². The first kappa shape index (κ1) is 8.97. The summed E-state index contributed by atoms with van der Waals surface area (Å²) in [4.78, 5) is 11.5. The third kappa shape index (κ3) is 1.34. The summed E-state index contributed by atoms with van der Waals surface area (Å²) in [6.07, 6.45) is 1.73. The van der Waals surface area contributed by atoms with E-state index >= 15 is 0 Å². The Morgan fingerprint density at radius 2 is 2.31 bits per heavy atom. The van der Waals surface area contributed by atoms with E-state index in [1.54, 1.807) is 6.07 Å². The molecule has 0 amide bonds. The van der Waals surface area contributed by atoms with Crippen molar-refractivity contribution in [1.29, 1.82) is 0 Å². The van der Waals surface area contributed by atoms with E-state index in [2.05, 4.69) is 15.9 Å². The molecule has 0 bridgehead atoms. The summed E-state index contributed by atoms with van der Waals surface area (Å²) in [5, 5.41) is 0. The van der Waals surface area contributed by atoms with Crippen molar-refractivity contribution >= 4 is 21.7 Å². The van der Waals surface area contributed by atoms with Crippen molar-refractivity contribution in [3.63, 3.8) is 0 Å². The second kappa shape index (κ2) is 2.96. The standard InChI is InChI=1S/C9H10BrNO2/c10-8-2-1-7(13-8)9(3-4-9)6(12)5-11/h1-2H,3-5,11H2. The number of nitrogens with two attached hydrogens (primary N) is 1. The van der Waals surface area contributed by atoms with Crippen LogP contribution in [0.3, 0.4) is 0 Å². The molecule has 0 aliphatic heterocycles. The van der Waals surface area contributed by atoms with Crippen LogP contribution >= 0.6 is 15.9 Å². The predicted octanol–water partition coefficient (Wildman–Crippen LogP) is 1.60. The van der Waals surface area contributed by atoms with Crippen LogP contribution in [-0.4, -0.2) is 12.3 Å². The molecule has 0 aromatic carbocycles. The lowest BCUT2D eigenvalue weighted by molar-refractivity contribution is -0.120. The first-order valence-corrected chi connectivity index (χ1v) is 4.97. The molecular weight excluding hydrogens is 234 g/mol. The van der Waals surface area contributed by atoms with Gasteiger partial charge in [-0.2, -0.15) is 0 Å². The maximum atomic E-state index is 11.5. The van der Waals surface area contributed by atoms with Gasteiger partial charge in [-0.1, -0.05) is 0 Å². The Kier molecular flexibility index (Phi) is 2.04. The van der Waals surface area contributed by atoms with E-state index in [9.17, 15) is 4.79 Å². The van der Waals surface area contributed by atoms with Gasteiger partial charge in [0.2, 0.25) is 0 Å². The maximum Gasteiger partial charge on any atom is 0.169 e. The fourth-order valence-electron chi connectivity index (χ4n) is 1.55. The minimum atomic E-state index is -0.388. The van der Waals surface area contributed by atoms with E-state index in [1.165, 1.54) is 0 Å². The molecule has 1 aliphatic rings. The quantitative estimate of drug-likeness (QED) is 0.878. The van der Waals surface area contributed by atoms with Crippen molar-refractivity contribution in [2.75, 3.05) is 6.54 Å². The molecule has 1 fully saturated rings. The molecule has 1 aromatic rings. The number of furan rings is 1. The van der Waals surface area contributed by atoms with Gasteiger partial charge < -0.3 is 10.2 Å². The van der Waals surface area contributed by atoms with Crippen LogP contribution in [0.1, 0.15) is 18.6 Å². The summed E-state index contributed by atoms with van der Waals surface area (Å²) in [5.41, 5.74) is 4.95. The molecule has 0 radical (unpaired) electrons. The second-order valence-electron chi connectivity index (χ2n) is 3.31. The minimum absolute atomic E-state index is 0.0781. The summed E-state index contributed by atoms with van der Waals surface area (Å²) in [7, 11) is 0. The van der Waals surface area contributed by atoms with E-state index in [0.29, 0.717) is 4.67 Å². The van der Waals surface area contributed by atoms with Gasteiger partial charge in [-0.25, -0.2) is 0 Å². The van der Waals surface area contributed by atoms with E-state index in [4.69, 9.17) is 10.2 Å².